The maximum Gasteiger partial charge on any atom is 0.242 e. The minimum Gasteiger partial charge on any atom is -0.497 e. The molecule has 0 aliphatic carbocycles. The van der Waals surface area contributed by atoms with Crippen molar-refractivity contribution in [2.75, 3.05) is 26.5 Å². The lowest BCUT2D eigenvalue weighted by atomic mass is 9.95. The fraction of sp³-hybridized carbons (Fsp3) is 0.526. The van der Waals surface area contributed by atoms with Crippen molar-refractivity contribution in [2.24, 2.45) is 0 Å². The van der Waals surface area contributed by atoms with E-state index in [0.29, 0.717) is 24.4 Å². The Morgan fingerprint density at radius 2 is 1.96 bits per heavy atom. The number of nitrogens with one attached hydrogen (secondary N) is 2. The zero-order valence-electron chi connectivity index (χ0n) is 16.5. The molecule has 1 fully saturated rings. The molecule has 2 aromatic rings. The van der Waals surface area contributed by atoms with Gasteiger partial charge in [-0.1, -0.05) is 0 Å². The quantitative estimate of drug-likeness (QED) is 0.756. The number of piperidine rings is 1. The Labute approximate surface area is 171 Å². The van der Waals surface area contributed by atoms with Crippen molar-refractivity contribution in [1.82, 2.24) is 10.6 Å². The van der Waals surface area contributed by atoms with Crippen LogP contribution in [0.2, 0.25) is 0 Å². The molecule has 28 heavy (non-hydrogen) atoms. The molecule has 1 amide bonds. The lowest BCUT2D eigenvalue weighted by Crippen LogP contribution is -2.57. The molecule has 7 nitrogen and oxygen atoms in total. The minimum atomic E-state index is -3.56. The Balaban J connectivity index is 0.00000280. The first kappa shape index (κ1) is 22.5. The Morgan fingerprint density at radius 1 is 1.32 bits per heavy atom. The number of carbonyl (C=O) groups is 1. The predicted octanol–water partition coefficient (Wildman–Crippen LogP) is 2.52. The second-order valence-electron chi connectivity index (χ2n) is 7.17. The topological polar surface area (TPSA) is 97.6 Å². The summed E-state index contributed by atoms with van der Waals surface area (Å²) in [5.41, 5.74) is 1.60. The highest BCUT2D eigenvalue weighted by atomic mass is 35.5. The first-order chi connectivity index (χ1) is 12.7. The molecular weight excluding hydrogens is 404 g/mol. The summed E-state index contributed by atoms with van der Waals surface area (Å²) in [6, 6.07) is 5.07. The van der Waals surface area contributed by atoms with Crippen molar-refractivity contribution in [1.29, 1.82) is 0 Å². The van der Waals surface area contributed by atoms with Crippen molar-refractivity contribution in [2.45, 2.75) is 37.5 Å². The van der Waals surface area contributed by atoms with E-state index in [1.165, 1.54) is 0 Å². The lowest BCUT2D eigenvalue weighted by Gasteiger charge is -2.35. The van der Waals surface area contributed by atoms with Crippen LogP contribution in [0.5, 0.6) is 5.75 Å². The molecule has 1 atom stereocenters. The van der Waals surface area contributed by atoms with E-state index < -0.39 is 26.5 Å². The first-order valence-electron chi connectivity index (χ1n) is 8.98. The average Bonchev–Trinajstić information content (AvgIpc) is 2.97. The number of fused-ring (bicyclic) bond motifs is 1. The SMILES string of the molecule is COc1ccc2oc(C(C)NC(=O)C3(S(C)(=O)=O)CCNCC3)c(C)c2c1.Cl. The number of methoxy groups -OCH3 is 1. The number of hydrogen-bond donors (Lipinski definition) is 2. The maximum absolute atomic E-state index is 13.0. The molecule has 2 N–H and O–H groups in total. The van der Waals surface area contributed by atoms with E-state index in [2.05, 4.69) is 10.6 Å². The number of halogens is 1. The standard InChI is InChI=1S/C19H26N2O5S.ClH/c1-12-15-11-14(25-3)5-6-16(15)26-17(12)13(2)21-18(22)19(27(4,23)24)7-9-20-10-8-19;/h5-6,11,13,20H,7-10H2,1-4H3,(H,21,22);1H. The average molecular weight is 431 g/mol. The van der Waals surface area contributed by atoms with Crippen LogP contribution >= 0.6 is 12.4 Å². The van der Waals surface area contributed by atoms with Gasteiger partial charge in [0.15, 0.2) is 14.6 Å². The van der Waals surface area contributed by atoms with Crippen molar-refractivity contribution in [3.63, 3.8) is 0 Å². The molecular formula is C19H27ClN2O5S. The Bertz CT molecular complexity index is 964. The Hall–Kier alpha value is -1.77. The highest BCUT2D eigenvalue weighted by Gasteiger charge is 2.49. The first-order valence-corrected chi connectivity index (χ1v) is 10.9. The van der Waals surface area contributed by atoms with Crippen LogP contribution in [0, 0.1) is 6.92 Å². The second-order valence-corrected chi connectivity index (χ2v) is 9.49. The van der Waals surface area contributed by atoms with Gasteiger partial charge < -0.3 is 19.8 Å². The van der Waals surface area contributed by atoms with Gasteiger partial charge in [-0.3, -0.25) is 4.79 Å². The molecule has 1 aliphatic rings. The van der Waals surface area contributed by atoms with E-state index in [0.717, 1.165) is 23.0 Å². The number of ether oxygens (including phenoxy) is 1. The van der Waals surface area contributed by atoms with Crippen LogP contribution in [-0.2, 0) is 14.6 Å². The fourth-order valence-corrected chi connectivity index (χ4v) is 5.09. The summed E-state index contributed by atoms with van der Waals surface area (Å²) in [6.07, 6.45) is 1.67. The van der Waals surface area contributed by atoms with Crippen molar-refractivity contribution in [3.05, 3.63) is 29.5 Å². The van der Waals surface area contributed by atoms with Gasteiger partial charge in [0.25, 0.3) is 0 Å². The third-order valence-electron chi connectivity index (χ3n) is 5.46. The van der Waals surface area contributed by atoms with E-state index in [-0.39, 0.29) is 25.2 Å². The van der Waals surface area contributed by atoms with Gasteiger partial charge in [-0.05, 0) is 58.0 Å². The summed E-state index contributed by atoms with van der Waals surface area (Å²) in [5, 5.41) is 6.89. The monoisotopic (exact) mass is 430 g/mol. The molecule has 0 radical (unpaired) electrons. The number of carbonyl (C=O) groups excluding carboxylic acids is 1. The van der Waals surface area contributed by atoms with Gasteiger partial charge in [0.1, 0.15) is 17.1 Å². The molecule has 2 heterocycles. The molecule has 1 unspecified atom stereocenters. The van der Waals surface area contributed by atoms with Crippen LogP contribution in [0.3, 0.4) is 0 Å². The van der Waals surface area contributed by atoms with Crippen LogP contribution in [0.25, 0.3) is 11.0 Å². The molecule has 156 valence electrons. The fourth-order valence-electron chi connectivity index (χ4n) is 3.75. The predicted molar refractivity (Wildman–Crippen MR) is 111 cm³/mol. The number of furan rings is 1. The number of benzene rings is 1. The zero-order valence-corrected chi connectivity index (χ0v) is 18.1. The van der Waals surface area contributed by atoms with Crippen LogP contribution in [0.15, 0.2) is 22.6 Å². The number of sulfone groups is 1. The molecule has 1 aromatic carbocycles. The third kappa shape index (κ3) is 3.86. The van der Waals surface area contributed by atoms with E-state index in [1.54, 1.807) is 14.0 Å². The van der Waals surface area contributed by atoms with Gasteiger partial charge in [-0.15, -0.1) is 12.4 Å². The molecule has 0 saturated carbocycles. The van der Waals surface area contributed by atoms with E-state index in [9.17, 15) is 13.2 Å². The molecule has 3 rings (SSSR count). The smallest absolute Gasteiger partial charge is 0.242 e. The molecule has 1 saturated heterocycles. The molecule has 1 aromatic heterocycles. The van der Waals surface area contributed by atoms with Crippen molar-refractivity contribution < 1.29 is 22.4 Å². The van der Waals surface area contributed by atoms with Crippen LogP contribution in [0.1, 0.15) is 37.1 Å². The summed E-state index contributed by atoms with van der Waals surface area (Å²) in [7, 11) is -1.96. The molecule has 9 heteroatoms. The summed E-state index contributed by atoms with van der Waals surface area (Å²) in [5.74, 6) is 0.876. The second kappa shape index (κ2) is 8.31. The summed E-state index contributed by atoms with van der Waals surface area (Å²) >= 11 is 0. The molecule has 1 aliphatic heterocycles. The summed E-state index contributed by atoms with van der Waals surface area (Å²) in [4.78, 5) is 13.0. The number of rotatable bonds is 5. The molecule has 0 bridgehead atoms. The van der Waals surface area contributed by atoms with Crippen LogP contribution in [-0.4, -0.2) is 45.5 Å². The minimum absolute atomic E-state index is 0. The van der Waals surface area contributed by atoms with Crippen molar-refractivity contribution in [3.8, 4) is 5.75 Å². The van der Waals surface area contributed by atoms with Gasteiger partial charge in [0.05, 0.1) is 13.2 Å². The summed E-state index contributed by atoms with van der Waals surface area (Å²) < 4.78 is 34.6. The normalized spacial score (nSPS) is 17.6. The molecule has 0 spiro atoms. The Morgan fingerprint density at radius 3 is 2.54 bits per heavy atom. The third-order valence-corrected chi connectivity index (χ3v) is 7.47. The summed E-state index contributed by atoms with van der Waals surface area (Å²) in [6.45, 7) is 4.72. The lowest BCUT2D eigenvalue weighted by molar-refractivity contribution is -0.125. The highest BCUT2D eigenvalue weighted by molar-refractivity contribution is 7.92. The highest BCUT2D eigenvalue weighted by Crippen LogP contribution is 2.33. The van der Waals surface area contributed by atoms with Gasteiger partial charge in [-0.25, -0.2) is 8.42 Å². The van der Waals surface area contributed by atoms with Gasteiger partial charge in [-0.2, -0.15) is 0 Å². The number of amides is 1. The maximum atomic E-state index is 13.0. The van der Waals surface area contributed by atoms with E-state index in [1.807, 2.05) is 25.1 Å². The van der Waals surface area contributed by atoms with Gasteiger partial charge in [0, 0.05) is 17.2 Å². The zero-order chi connectivity index (χ0) is 19.8. The Kier molecular flexibility index (Phi) is 6.68. The van der Waals surface area contributed by atoms with E-state index in [4.69, 9.17) is 9.15 Å². The van der Waals surface area contributed by atoms with Crippen LogP contribution in [0.4, 0.5) is 0 Å². The van der Waals surface area contributed by atoms with Gasteiger partial charge in [0.2, 0.25) is 5.91 Å². The number of hydrogen-bond acceptors (Lipinski definition) is 6. The van der Waals surface area contributed by atoms with E-state index >= 15 is 0 Å². The van der Waals surface area contributed by atoms with Crippen LogP contribution < -0.4 is 15.4 Å². The van der Waals surface area contributed by atoms with Gasteiger partial charge >= 0.3 is 0 Å². The largest absolute Gasteiger partial charge is 0.497 e. The number of aryl methyl sites for hydroxylation is 1. The van der Waals surface area contributed by atoms with Crippen molar-refractivity contribution >= 4 is 39.1 Å².